The maximum Gasteiger partial charge on any atom is 0.255 e. The zero-order valence-electron chi connectivity index (χ0n) is 13.7. The number of benzene rings is 2. The molecule has 1 atom stereocenters. The largest absolute Gasteiger partial charge is 0.497 e. The van der Waals surface area contributed by atoms with Gasteiger partial charge in [-0.3, -0.25) is 9.59 Å². The normalized spacial score (nSPS) is 21.4. The van der Waals surface area contributed by atoms with Crippen LogP contribution in [-0.2, 0) is 10.2 Å². The van der Waals surface area contributed by atoms with Crippen LogP contribution in [0.4, 0.5) is 5.69 Å². The Labute approximate surface area is 150 Å². The van der Waals surface area contributed by atoms with Crippen LogP contribution in [0, 0.1) is 0 Å². The zero-order chi connectivity index (χ0) is 17.6. The van der Waals surface area contributed by atoms with E-state index in [9.17, 15) is 9.59 Å². The first-order valence-corrected chi connectivity index (χ1v) is 8.47. The molecule has 1 spiro atoms. The Morgan fingerprint density at radius 1 is 1.28 bits per heavy atom. The highest BCUT2D eigenvalue weighted by Gasteiger charge is 2.52. The third-order valence-electron chi connectivity index (χ3n) is 5.09. The molecular formula is C19H17ClN2O3. The van der Waals surface area contributed by atoms with Crippen molar-refractivity contribution in [1.82, 2.24) is 4.90 Å². The lowest BCUT2D eigenvalue weighted by molar-refractivity contribution is -0.120. The summed E-state index contributed by atoms with van der Waals surface area (Å²) in [5, 5.41) is 3.36. The molecule has 2 amide bonds. The Kier molecular flexibility index (Phi) is 3.69. The number of nitrogens with zero attached hydrogens (tertiary/aromatic N) is 1. The van der Waals surface area contributed by atoms with Gasteiger partial charge < -0.3 is 15.0 Å². The lowest BCUT2D eigenvalue weighted by atomic mass is 9.81. The molecule has 128 valence electrons. The van der Waals surface area contributed by atoms with E-state index in [0.29, 0.717) is 35.8 Å². The van der Waals surface area contributed by atoms with Gasteiger partial charge in [-0.1, -0.05) is 23.7 Å². The summed E-state index contributed by atoms with van der Waals surface area (Å²) in [6.07, 6.45) is 0.579. The van der Waals surface area contributed by atoms with E-state index < -0.39 is 5.41 Å². The SMILES string of the molecule is COc1ccc2c(c1)[C@@]1(CCN(C(=O)c3ccccc3Cl)C1)C(=O)N2. The summed E-state index contributed by atoms with van der Waals surface area (Å²) in [4.78, 5) is 27.2. The number of nitrogens with one attached hydrogen (secondary N) is 1. The van der Waals surface area contributed by atoms with Crippen LogP contribution in [0.1, 0.15) is 22.3 Å². The molecule has 1 saturated heterocycles. The highest BCUT2D eigenvalue weighted by molar-refractivity contribution is 6.33. The molecule has 0 saturated carbocycles. The molecular weight excluding hydrogens is 340 g/mol. The molecule has 2 aliphatic heterocycles. The van der Waals surface area contributed by atoms with E-state index in [1.54, 1.807) is 36.3 Å². The Morgan fingerprint density at radius 2 is 2.08 bits per heavy atom. The molecule has 0 aromatic heterocycles. The van der Waals surface area contributed by atoms with E-state index >= 15 is 0 Å². The second kappa shape index (κ2) is 5.77. The van der Waals surface area contributed by atoms with Gasteiger partial charge >= 0.3 is 0 Å². The number of fused-ring (bicyclic) bond motifs is 2. The molecule has 2 aromatic rings. The van der Waals surface area contributed by atoms with Crippen molar-refractivity contribution in [2.24, 2.45) is 0 Å². The third kappa shape index (κ3) is 2.38. The quantitative estimate of drug-likeness (QED) is 0.899. The minimum absolute atomic E-state index is 0.0646. The first kappa shape index (κ1) is 16.0. The fourth-order valence-electron chi connectivity index (χ4n) is 3.71. The number of methoxy groups -OCH3 is 1. The summed E-state index contributed by atoms with van der Waals surface area (Å²) >= 11 is 6.15. The van der Waals surface area contributed by atoms with E-state index in [0.717, 1.165) is 11.3 Å². The standard InChI is InChI=1S/C19H17ClN2O3/c1-25-12-6-7-16-14(10-12)19(18(24)21-16)8-9-22(11-19)17(23)13-4-2-3-5-15(13)20/h2-7,10H,8-9,11H2,1H3,(H,21,24)/t19-/m0/s1. The van der Waals surface area contributed by atoms with E-state index in [2.05, 4.69) is 5.32 Å². The molecule has 6 heteroatoms. The molecule has 2 heterocycles. The van der Waals surface area contributed by atoms with E-state index in [1.165, 1.54) is 0 Å². The van der Waals surface area contributed by atoms with E-state index in [4.69, 9.17) is 16.3 Å². The van der Waals surface area contributed by atoms with E-state index in [1.807, 2.05) is 18.2 Å². The number of halogens is 1. The van der Waals surface area contributed by atoms with Crippen molar-refractivity contribution in [1.29, 1.82) is 0 Å². The van der Waals surface area contributed by atoms with Crippen molar-refractivity contribution < 1.29 is 14.3 Å². The Morgan fingerprint density at radius 3 is 2.84 bits per heavy atom. The maximum absolute atomic E-state index is 12.8. The summed E-state index contributed by atoms with van der Waals surface area (Å²) in [7, 11) is 1.60. The number of ether oxygens (including phenoxy) is 1. The first-order chi connectivity index (χ1) is 12.0. The minimum Gasteiger partial charge on any atom is -0.497 e. The molecule has 2 aliphatic rings. The number of hydrogen-bond donors (Lipinski definition) is 1. The molecule has 0 aliphatic carbocycles. The highest BCUT2D eigenvalue weighted by atomic mass is 35.5. The number of carbonyl (C=O) groups excluding carboxylic acids is 2. The topological polar surface area (TPSA) is 58.6 Å². The van der Waals surface area contributed by atoms with Crippen molar-refractivity contribution in [3.05, 3.63) is 58.6 Å². The molecule has 4 rings (SSSR count). The van der Waals surface area contributed by atoms with Crippen LogP contribution in [0.2, 0.25) is 5.02 Å². The molecule has 1 N–H and O–H groups in total. The smallest absolute Gasteiger partial charge is 0.255 e. The van der Waals surface area contributed by atoms with Crippen molar-refractivity contribution in [2.75, 3.05) is 25.5 Å². The average Bonchev–Trinajstić information content (AvgIpc) is 3.18. The number of carbonyl (C=O) groups is 2. The van der Waals surface area contributed by atoms with Crippen molar-refractivity contribution >= 4 is 29.1 Å². The van der Waals surface area contributed by atoms with Gasteiger partial charge in [0.2, 0.25) is 5.91 Å². The maximum atomic E-state index is 12.8. The average molecular weight is 357 g/mol. The predicted octanol–water partition coefficient (Wildman–Crippen LogP) is 3.08. The number of hydrogen-bond acceptors (Lipinski definition) is 3. The summed E-state index contributed by atoms with van der Waals surface area (Å²) in [5.74, 6) is 0.488. The minimum atomic E-state index is -0.721. The van der Waals surface area contributed by atoms with Gasteiger partial charge in [0.05, 0.1) is 23.1 Å². The van der Waals surface area contributed by atoms with Gasteiger partial charge in [-0.25, -0.2) is 0 Å². The highest BCUT2D eigenvalue weighted by Crippen LogP contribution is 2.45. The molecule has 0 bridgehead atoms. The van der Waals surface area contributed by atoms with Gasteiger partial charge in [0, 0.05) is 18.8 Å². The van der Waals surface area contributed by atoms with Gasteiger partial charge in [0.1, 0.15) is 5.75 Å². The number of likely N-dealkylation sites (tertiary alicyclic amines) is 1. The second-order valence-electron chi connectivity index (χ2n) is 6.40. The molecule has 5 nitrogen and oxygen atoms in total. The van der Waals surface area contributed by atoms with Crippen LogP contribution in [0.5, 0.6) is 5.75 Å². The van der Waals surface area contributed by atoms with Crippen molar-refractivity contribution in [3.8, 4) is 5.75 Å². The Bertz CT molecular complexity index is 883. The monoisotopic (exact) mass is 356 g/mol. The lowest BCUT2D eigenvalue weighted by Crippen LogP contribution is -2.39. The van der Waals surface area contributed by atoms with Crippen LogP contribution >= 0.6 is 11.6 Å². The number of rotatable bonds is 2. The Hall–Kier alpha value is -2.53. The fourth-order valence-corrected chi connectivity index (χ4v) is 3.93. The second-order valence-corrected chi connectivity index (χ2v) is 6.81. The number of anilines is 1. The molecule has 2 aromatic carbocycles. The fraction of sp³-hybridized carbons (Fsp3) is 0.263. The molecule has 0 radical (unpaired) electrons. The van der Waals surface area contributed by atoms with Crippen LogP contribution in [0.3, 0.4) is 0 Å². The number of amides is 2. The van der Waals surface area contributed by atoms with Gasteiger partial charge in [-0.05, 0) is 42.3 Å². The van der Waals surface area contributed by atoms with Crippen molar-refractivity contribution in [2.45, 2.75) is 11.8 Å². The Balaban J connectivity index is 1.68. The summed E-state index contributed by atoms with van der Waals surface area (Å²) in [6.45, 7) is 0.844. The predicted molar refractivity (Wildman–Crippen MR) is 95.3 cm³/mol. The molecule has 25 heavy (non-hydrogen) atoms. The third-order valence-corrected chi connectivity index (χ3v) is 5.42. The van der Waals surface area contributed by atoms with Gasteiger partial charge in [0.15, 0.2) is 0 Å². The summed E-state index contributed by atoms with van der Waals surface area (Å²) < 4.78 is 5.30. The molecule has 1 fully saturated rings. The van der Waals surface area contributed by atoms with Gasteiger partial charge in [-0.15, -0.1) is 0 Å². The summed E-state index contributed by atoms with van der Waals surface area (Å²) in [6, 6.07) is 12.5. The van der Waals surface area contributed by atoms with Crippen LogP contribution in [0.15, 0.2) is 42.5 Å². The van der Waals surface area contributed by atoms with Gasteiger partial charge in [0.25, 0.3) is 5.91 Å². The van der Waals surface area contributed by atoms with Crippen molar-refractivity contribution in [3.63, 3.8) is 0 Å². The van der Waals surface area contributed by atoms with Crippen LogP contribution in [-0.4, -0.2) is 36.9 Å². The molecule has 0 unspecified atom stereocenters. The van der Waals surface area contributed by atoms with E-state index in [-0.39, 0.29) is 11.8 Å². The first-order valence-electron chi connectivity index (χ1n) is 8.09. The zero-order valence-corrected chi connectivity index (χ0v) is 14.5. The van der Waals surface area contributed by atoms with Gasteiger partial charge in [-0.2, -0.15) is 0 Å². The van der Waals surface area contributed by atoms with Crippen LogP contribution in [0.25, 0.3) is 0 Å². The lowest BCUT2D eigenvalue weighted by Gasteiger charge is -2.23. The van der Waals surface area contributed by atoms with Crippen LogP contribution < -0.4 is 10.1 Å². The summed E-state index contributed by atoms with van der Waals surface area (Å²) in [5.41, 5.74) is 1.43.